The second kappa shape index (κ2) is 19.3. The van der Waals surface area contributed by atoms with Gasteiger partial charge in [-0.3, -0.25) is 0 Å². The molecule has 17 rings (SSSR count). The van der Waals surface area contributed by atoms with Gasteiger partial charge < -0.3 is 18.9 Å². The summed E-state index contributed by atoms with van der Waals surface area (Å²) in [6.07, 6.45) is 6.39. The Balaban J connectivity index is 1.04. The maximum absolute atomic E-state index is 2.79. The summed E-state index contributed by atoms with van der Waals surface area (Å²) in [6.45, 7) is 11.8. The van der Waals surface area contributed by atoms with E-state index >= 15 is 0 Å². The van der Waals surface area contributed by atoms with Gasteiger partial charge in [-0.15, -0.1) is 22.7 Å². The highest BCUT2D eigenvalue weighted by Gasteiger charge is 2.46. The van der Waals surface area contributed by atoms with Crippen LogP contribution in [0.2, 0.25) is 0 Å². The molecule has 2 aliphatic heterocycles. The van der Waals surface area contributed by atoms with Gasteiger partial charge in [-0.05, 0) is 137 Å². The number of benzene rings is 11. The van der Waals surface area contributed by atoms with E-state index in [1.54, 1.807) is 0 Å². The normalized spacial score (nSPS) is 13.2. The highest BCUT2D eigenvalue weighted by Crippen LogP contribution is 2.54. The molecule has 11 aromatic carbocycles. The predicted octanol–water partition coefficient (Wildman–Crippen LogP) is 20.7. The number of para-hydroxylation sites is 4. The molecule has 0 amide bonds. The van der Waals surface area contributed by atoms with Crippen molar-refractivity contribution in [1.29, 1.82) is 0 Å². The monoisotopic (exact) mass is 1130 g/mol. The first-order valence-electron chi connectivity index (χ1n) is 30.7. The zero-order chi connectivity index (χ0) is 56.8. The van der Waals surface area contributed by atoms with Gasteiger partial charge in [0.2, 0.25) is 0 Å². The van der Waals surface area contributed by atoms with E-state index in [-0.39, 0.29) is 12.1 Å². The summed E-state index contributed by atoms with van der Waals surface area (Å²) in [5, 5.41) is 10.3. The Labute approximate surface area is 504 Å². The predicted molar refractivity (Wildman–Crippen MR) is 371 cm³/mol. The van der Waals surface area contributed by atoms with Crippen molar-refractivity contribution < 1.29 is 0 Å². The van der Waals surface area contributed by atoms with E-state index in [2.05, 4.69) is 272 Å². The van der Waals surface area contributed by atoms with Gasteiger partial charge in [0.25, 0.3) is 6.71 Å². The minimum absolute atomic E-state index is 0.0997. The number of nitrogens with zero attached hydrogens (tertiary/aromatic N) is 4. The lowest BCUT2D eigenvalue weighted by Crippen LogP contribution is -2.61. The molecule has 0 saturated heterocycles. The van der Waals surface area contributed by atoms with Crippen LogP contribution in [0.1, 0.15) is 77.0 Å². The fourth-order valence-electron chi connectivity index (χ4n) is 14.8. The van der Waals surface area contributed by atoms with E-state index in [1.807, 2.05) is 22.7 Å². The molecule has 2 aliphatic rings. The lowest BCUT2D eigenvalue weighted by atomic mass is 9.33. The molecule has 0 N–H and O–H groups in total. The first kappa shape index (κ1) is 50.6. The van der Waals surface area contributed by atoms with E-state index < -0.39 is 0 Å². The van der Waals surface area contributed by atoms with Crippen molar-refractivity contribution in [2.24, 2.45) is 0 Å². The van der Waals surface area contributed by atoms with E-state index in [0.29, 0.717) is 0 Å². The zero-order valence-corrected chi connectivity index (χ0v) is 50.3. The molecule has 7 heteroatoms. The number of unbranched alkanes of at least 4 members (excludes halogenated alkanes) is 2. The summed E-state index contributed by atoms with van der Waals surface area (Å²) in [6, 6.07) is 84.1. The molecule has 0 atom stereocenters. The summed E-state index contributed by atoms with van der Waals surface area (Å²) in [7, 11) is 0. The number of aryl methyl sites for hydroxylation is 2. The molecule has 0 radical (unpaired) electrons. The average Bonchev–Trinajstić information content (AvgIpc) is 1.39. The van der Waals surface area contributed by atoms with Crippen LogP contribution in [0.3, 0.4) is 0 Å². The topological polar surface area (TPSA) is 16.3 Å². The van der Waals surface area contributed by atoms with Crippen LogP contribution in [-0.4, -0.2) is 15.8 Å². The van der Waals surface area contributed by atoms with Gasteiger partial charge in [0.15, 0.2) is 0 Å². The molecule has 0 aliphatic carbocycles. The molecule has 0 unspecified atom stereocenters. The Bertz CT molecular complexity index is 4830. The summed E-state index contributed by atoms with van der Waals surface area (Å²) in [4.78, 5) is 5.57. The fourth-order valence-corrected chi connectivity index (χ4v) is 17.3. The number of rotatable bonds is 10. The van der Waals surface area contributed by atoms with Crippen molar-refractivity contribution in [2.45, 2.75) is 78.6 Å². The van der Waals surface area contributed by atoms with Crippen molar-refractivity contribution in [3.8, 4) is 11.4 Å². The largest absolute Gasteiger partial charge is 0.310 e. The Kier molecular flexibility index (Phi) is 11.5. The van der Waals surface area contributed by atoms with Gasteiger partial charge in [0.05, 0.1) is 42.8 Å². The molecule has 410 valence electrons. The molecule has 0 spiro atoms. The van der Waals surface area contributed by atoms with Gasteiger partial charge in [0, 0.05) is 86.6 Å². The third-order valence-electron chi connectivity index (χ3n) is 18.8. The van der Waals surface area contributed by atoms with Crippen molar-refractivity contribution >= 4 is 164 Å². The van der Waals surface area contributed by atoms with Gasteiger partial charge in [-0.25, -0.2) is 0 Å². The first-order valence-corrected chi connectivity index (χ1v) is 32.3. The number of thiophene rings is 2. The minimum Gasteiger partial charge on any atom is -0.310 e. The van der Waals surface area contributed by atoms with Crippen LogP contribution in [0.25, 0.3) is 95.3 Å². The highest BCUT2D eigenvalue weighted by molar-refractivity contribution is 7.27. The summed E-state index contributed by atoms with van der Waals surface area (Å²) in [5.74, 6) is 0. The minimum atomic E-state index is -0.210. The van der Waals surface area contributed by atoms with Crippen molar-refractivity contribution in [3.63, 3.8) is 0 Å². The summed E-state index contributed by atoms with van der Waals surface area (Å²) < 4.78 is 10.4. The van der Waals surface area contributed by atoms with Crippen molar-refractivity contribution in [1.82, 2.24) is 9.13 Å². The molecule has 4 nitrogen and oxygen atoms in total. The maximum atomic E-state index is 2.79. The Morgan fingerprint density at radius 1 is 0.376 bits per heavy atom. The molecule has 15 aromatic rings. The van der Waals surface area contributed by atoms with Crippen LogP contribution < -0.4 is 26.2 Å². The Morgan fingerprint density at radius 2 is 0.753 bits per heavy atom. The van der Waals surface area contributed by atoms with Gasteiger partial charge in [-0.1, -0.05) is 193 Å². The van der Waals surface area contributed by atoms with Crippen molar-refractivity contribution in [2.75, 3.05) is 9.80 Å². The Hall–Kier alpha value is -8.88. The van der Waals surface area contributed by atoms with Gasteiger partial charge in [0.1, 0.15) is 0 Å². The van der Waals surface area contributed by atoms with Crippen molar-refractivity contribution in [3.05, 3.63) is 235 Å². The zero-order valence-electron chi connectivity index (χ0n) is 48.7. The second-order valence-electron chi connectivity index (χ2n) is 24.8. The molecule has 6 heterocycles. The number of anilines is 6. The van der Waals surface area contributed by atoms with Crippen LogP contribution >= 0.6 is 22.7 Å². The smallest absolute Gasteiger partial charge is 0.252 e. The lowest BCUT2D eigenvalue weighted by Gasteiger charge is -2.46. The van der Waals surface area contributed by atoms with Crippen LogP contribution in [0.15, 0.2) is 218 Å². The van der Waals surface area contributed by atoms with E-state index in [9.17, 15) is 0 Å². The van der Waals surface area contributed by atoms with Crippen LogP contribution in [0.5, 0.6) is 0 Å². The Morgan fingerprint density at radius 3 is 1.14 bits per heavy atom. The number of aromatic nitrogens is 2. The fraction of sp³-hybridized carbons (Fsp3) is 0.154. The molecular formula is C78H63BN4S2. The highest BCUT2D eigenvalue weighted by atomic mass is 32.1. The summed E-state index contributed by atoms with van der Waals surface area (Å²) >= 11 is 3.92. The quantitative estimate of drug-likeness (QED) is 0.127. The number of fused-ring (bicyclic) bond motifs is 16. The van der Waals surface area contributed by atoms with E-state index in [4.69, 9.17) is 0 Å². The standard InChI is InChI=1S/C78H63BN4S2/c1-6-8-22-48-36-40-59-57-28-14-20-34-71(57)84-76(59)74(48)82-67-46-51(80-63-30-16-10-24-53(63)54-25-11-17-31-64(54)80)38-42-61(67)79-62-43-39-52(81-65-32-18-12-26-55(65)56-27-13-19-33-66(56)81)47-68(62)83(70-45-50(78(3,4)5)44-69(82)73(70)79)75-49(23-9-7-2)37-41-60-58-29-15-21-35-72(58)85-77(60)75/h10-21,24-47H,6-9,22-23H2,1-5H3. The lowest BCUT2D eigenvalue weighted by molar-refractivity contribution is 0.590. The second-order valence-corrected chi connectivity index (χ2v) is 26.9. The molecule has 85 heavy (non-hydrogen) atoms. The molecule has 0 fully saturated rings. The van der Waals surface area contributed by atoms with Gasteiger partial charge in [-0.2, -0.15) is 0 Å². The maximum Gasteiger partial charge on any atom is 0.252 e. The van der Waals surface area contributed by atoms with Crippen LogP contribution in [0, 0.1) is 0 Å². The third kappa shape index (κ3) is 7.52. The molecule has 0 saturated carbocycles. The van der Waals surface area contributed by atoms with E-state index in [0.717, 1.165) is 49.9 Å². The molecule has 0 bridgehead atoms. The summed E-state index contributed by atoms with van der Waals surface area (Å²) in [5.41, 5.74) is 22.7. The molecule has 4 aromatic heterocycles. The SMILES string of the molecule is CCCCc1ccc2c(sc3ccccc32)c1N1c2cc(-n3c4ccccc4c4ccccc43)ccc2B2c3ccc(-n4c5ccccc5c5ccccc54)cc3N(c3c(CCCC)ccc4c3sc3ccccc34)c3cc(C(C)(C)C)cc1c32. The average molecular weight is 1130 g/mol. The van der Waals surface area contributed by atoms with E-state index in [1.165, 1.54) is 151 Å². The molecular weight excluding hydrogens is 1070 g/mol. The number of hydrogen-bond donors (Lipinski definition) is 0. The van der Waals surface area contributed by atoms with Crippen LogP contribution in [-0.2, 0) is 18.3 Å². The third-order valence-corrected chi connectivity index (χ3v) is 21.2. The van der Waals surface area contributed by atoms with Gasteiger partial charge >= 0.3 is 0 Å². The first-order chi connectivity index (χ1) is 41.7. The van der Waals surface area contributed by atoms with Crippen LogP contribution in [0.4, 0.5) is 34.1 Å². The number of hydrogen-bond acceptors (Lipinski definition) is 4.